The highest BCUT2D eigenvalue weighted by Gasteiger charge is 2.16. The van der Waals surface area contributed by atoms with E-state index in [4.69, 9.17) is 5.26 Å². The molecule has 0 aliphatic heterocycles. The third-order valence-corrected chi connectivity index (χ3v) is 3.82. The summed E-state index contributed by atoms with van der Waals surface area (Å²) in [5, 5.41) is 8.94. The molecule has 0 spiro atoms. The molecule has 0 N–H and O–H groups in total. The van der Waals surface area contributed by atoms with E-state index in [0.29, 0.717) is 17.7 Å². The van der Waals surface area contributed by atoms with Gasteiger partial charge in [0.2, 0.25) is 0 Å². The molecule has 0 fully saturated rings. The fourth-order valence-electron chi connectivity index (χ4n) is 2.42. The topological polar surface area (TPSA) is 44.1 Å². The van der Waals surface area contributed by atoms with Crippen molar-refractivity contribution in [2.75, 3.05) is 7.05 Å². The van der Waals surface area contributed by atoms with Crippen LogP contribution in [0.3, 0.4) is 0 Å². The molecule has 0 saturated heterocycles. The molecule has 0 atom stereocenters. The number of rotatable bonds is 3. The highest BCUT2D eigenvalue weighted by molar-refractivity contribution is 5.94. The summed E-state index contributed by atoms with van der Waals surface area (Å²) in [7, 11) is 1.78. The van der Waals surface area contributed by atoms with Gasteiger partial charge in [0.25, 0.3) is 5.91 Å². The van der Waals surface area contributed by atoms with E-state index in [1.165, 1.54) is 5.56 Å². The number of carbonyl (C=O) groups excluding carboxylic acids is 1. The fourth-order valence-corrected chi connectivity index (χ4v) is 2.42. The number of hydrogen-bond acceptors (Lipinski definition) is 2. The Morgan fingerprint density at radius 1 is 1.13 bits per heavy atom. The van der Waals surface area contributed by atoms with Gasteiger partial charge in [-0.2, -0.15) is 5.26 Å². The van der Waals surface area contributed by atoms with E-state index < -0.39 is 0 Å². The lowest BCUT2D eigenvalue weighted by atomic mass is 9.86. The van der Waals surface area contributed by atoms with Gasteiger partial charge in [-0.25, -0.2) is 0 Å². The first-order valence-electron chi connectivity index (χ1n) is 7.66. The molecular formula is C20H22N2O. The summed E-state index contributed by atoms with van der Waals surface area (Å²) in [6, 6.07) is 17.2. The molecule has 3 heteroatoms. The monoisotopic (exact) mass is 306 g/mol. The summed E-state index contributed by atoms with van der Waals surface area (Å²) in [5.74, 6) is -0.0205. The van der Waals surface area contributed by atoms with Crippen LogP contribution >= 0.6 is 0 Å². The van der Waals surface area contributed by atoms with Crippen molar-refractivity contribution in [3.63, 3.8) is 0 Å². The van der Waals surface area contributed by atoms with Crippen molar-refractivity contribution in [2.45, 2.75) is 32.7 Å². The van der Waals surface area contributed by atoms with Crippen molar-refractivity contribution in [1.82, 2.24) is 4.90 Å². The Labute approximate surface area is 138 Å². The first-order chi connectivity index (χ1) is 10.8. The van der Waals surface area contributed by atoms with Crippen LogP contribution in [-0.4, -0.2) is 17.9 Å². The predicted molar refractivity (Wildman–Crippen MR) is 92.1 cm³/mol. The number of amides is 1. The summed E-state index contributed by atoms with van der Waals surface area (Å²) in [6.45, 7) is 6.93. The zero-order valence-corrected chi connectivity index (χ0v) is 14.1. The maximum absolute atomic E-state index is 12.5. The molecule has 0 heterocycles. The Balaban J connectivity index is 2.12. The Bertz CT molecular complexity index is 733. The van der Waals surface area contributed by atoms with E-state index in [2.05, 4.69) is 26.8 Å². The molecule has 1 amide bonds. The van der Waals surface area contributed by atoms with Crippen molar-refractivity contribution in [1.29, 1.82) is 5.26 Å². The molecule has 0 radical (unpaired) electrons. The van der Waals surface area contributed by atoms with Crippen LogP contribution in [0, 0.1) is 11.3 Å². The van der Waals surface area contributed by atoms with Gasteiger partial charge in [0, 0.05) is 19.2 Å². The molecule has 23 heavy (non-hydrogen) atoms. The van der Waals surface area contributed by atoms with Crippen LogP contribution in [0.2, 0.25) is 0 Å². The highest BCUT2D eigenvalue weighted by atomic mass is 16.2. The summed E-state index contributed by atoms with van der Waals surface area (Å²) in [4.78, 5) is 14.2. The second kappa shape index (κ2) is 6.66. The lowest BCUT2D eigenvalue weighted by molar-refractivity contribution is 0.0785. The minimum absolute atomic E-state index is 0.0205. The molecule has 118 valence electrons. The third kappa shape index (κ3) is 4.20. The van der Waals surface area contributed by atoms with Crippen molar-refractivity contribution in [2.24, 2.45) is 0 Å². The first-order valence-corrected chi connectivity index (χ1v) is 7.66. The molecular weight excluding hydrogens is 284 g/mol. The summed E-state index contributed by atoms with van der Waals surface area (Å²) in [5.41, 5.74) is 3.52. The Morgan fingerprint density at radius 3 is 2.35 bits per heavy atom. The van der Waals surface area contributed by atoms with Crippen LogP contribution in [0.1, 0.15) is 47.8 Å². The fraction of sp³-hybridized carbons (Fsp3) is 0.300. The lowest BCUT2D eigenvalue weighted by Gasteiger charge is -2.21. The smallest absolute Gasteiger partial charge is 0.253 e. The quantitative estimate of drug-likeness (QED) is 0.856. The van der Waals surface area contributed by atoms with Crippen molar-refractivity contribution < 1.29 is 4.79 Å². The van der Waals surface area contributed by atoms with Crippen molar-refractivity contribution in [3.05, 3.63) is 70.8 Å². The number of benzene rings is 2. The van der Waals surface area contributed by atoms with Gasteiger partial charge < -0.3 is 4.90 Å². The van der Waals surface area contributed by atoms with E-state index in [1.54, 1.807) is 18.0 Å². The van der Waals surface area contributed by atoms with Crippen LogP contribution in [0.15, 0.2) is 48.5 Å². The van der Waals surface area contributed by atoms with Gasteiger partial charge in [-0.3, -0.25) is 4.79 Å². The average Bonchev–Trinajstić information content (AvgIpc) is 2.53. The molecule has 3 nitrogen and oxygen atoms in total. The van der Waals surface area contributed by atoms with E-state index >= 15 is 0 Å². The molecule has 2 aromatic rings. The Morgan fingerprint density at radius 2 is 1.78 bits per heavy atom. The largest absolute Gasteiger partial charge is 0.337 e. The van der Waals surface area contributed by atoms with Crippen LogP contribution in [0.5, 0.6) is 0 Å². The van der Waals surface area contributed by atoms with Gasteiger partial charge in [-0.05, 0) is 40.8 Å². The lowest BCUT2D eigenvalue weighted by Crippen LogP contribution is -2.26. The molecule has 0 unspecified atom stereocenters. The summed E-state index contributed by atoms with van der Waals surface area (Å²) >= 11 is 0. The molecule has 2 rings (SSSR count). The number of nitrogens with zero attached hydrogens (tertiary/aromatic N) is 2. The SMILES string of the molecule is CN(Cc1cccc(C#N)c1)C(=O)c1ccc(C(C)(C)C)cc1. The van der Waals surface area contributed by atoms with E-state index in [0.717, 1.165) is 5.56 Å². The van der Waals surface area contributed by atoms with E-state index in [-0.39, 0.29) is 11.3 Å². The van der Waals surface area contributed by atoms with Gasteiger partial charge in [-0.15, -0.1) is 0 Å². The molecule has 2 aromatic carbocycles. The standard InChI is InChI=1S/C20H22N2O/c1-20(2,3)18-10-8-17(9-11-18)19(23)22(4)14-16-7-5-6-15(12-16)13-21/h5-12H,14H2,1-4H3. The van der Waals surface area contributed by atoms with Gasteiger partial charge in [-0.1, -0.05) is 45.0 Å². The molecule has 0 aliphatic carbocycles. The predicted octanol–water partition coefficient (Wildman–Crippen LogP) is 4.13. The number of hydrogen-bond donors (Lipinski definition) is 0. The second-order valence-corrected chi connectivity index (χ2v) is 6.80. The zero-order chi connectivity index (χ0) is 17.0. The van der Waals surface area contributed by atoms with Crippen molar-refractivity contribution in [3.8, 4) is 6.07 Å². The van der Waals surface area contributed by atoms with Gasteiger partial charge in [0.1, 0.15) is 0 Å². The average molecular weight is 306 g/mol. The molecule has 0 aliphatic rings. The van der Waals surface area contributed by atoms with Crippen LogP contribution in [0.4, 0.5) is 0 Å². The van der Waals surface area contributed by atoms with Crippen LogP contribution in [-0.2, 0) is 12.0 Å². The Hall–Kier alpha value is -2.60. The first kappa shape index (κ1) is 16.8. The maximum Gasteiger partial charge on any atom is 0.253 e. The minimum atomic E-state index is -0.0205. The molecule has 0 saturated carbocycles. The van der Waals surface area contributed by atoms with E-state index in [1.807, 2.05) is 42.5 Å². The third-order valence-electron chi connectivity index (χ3n) is 3.82. The summed E-state index contributed by atoms with van der Waals surface area (Å²) < 4.78 is 0. The highest BCUT2D eigenvalue weighted by Crippen LogP contribution is 2.22. The molecule has 0 bridgehead atoms. The summed E-state index contributed by atoms with van der Waals surface area (Å²) in [6.07, 6.45) is 0. The normalized spacial score (nSPS) is 10.9. The Kier molecular flexibility index (Phi) is 4.86. The molecule has 0 aromatic heterocycles. The van der Waals surface area contributed by atoms with Gasteiger partial charge >= 0.3 is 0 Å². The number of nitriles is 1. The maximum atomic E-state index is 12.5. The second-order valence-electron chi connectivity index (χ2n) is 6.80. The number of carbonyl (C=O) groups is 1. The van der Waals surface area contributed by atoms with Gasteiger partial charge in [0.15, 0.2) is 0 Å². The zero-order valence-electron chi connectivity index (χ0n) is 14.1. The van der Waals surface area contributed by atoms with E-state index in [9.17, 15) is 4.79 Å². The van der Waals surface area contributed by atoms with Crippen molar-refractivity contribution >= 4 is 5.91 Å². The minimum Gasteiger partial charge on any atom is -0.337 e. The van der Waals surface area contributed by atoms with Crippen LogP contribution in [0.25, 0.3) is 0 Å². The van der Waals surface area contributed by atoms with Crippen LogP contribution < -0.4 is 0 Å². The van der Waals surface area contributed by atoms with Gasteiger partial charge in [0.05, 0.1) is 11.6 Å².